The Hall–Kier alpha value is -0.0100. The van der Waals surface area contributed by atoms with Crippen LogP contribution in [-0.2, 0) is 10.8 Å². The molecular formula is C5H7NOS2. The summed E-state index contributed by atoms with van der Waals surface area (Å²) in [6.45, 7) is 0. The summed E-state index contributed by atoms with van der Waals surface area (Å²) >= 11 is 1.51. The SMILES string of the molecule is N#CC1SCCCS1=O. The Kier molecular flexibility index (Phi) is 2.55. The molecule has 9 heavy (non-hydrogen) atoms. The second kappa shape index (κ2) is 3.23. The van der Waals surface area contributed by atoms with Crippen LogP contribution in [0, 0.1) is 11.3 Å². The summed E-state index contributed by atoms with van der Waals surface area (Å²) in [7, 11) is -0.876. The largest absolute Gasteiger partial charge is 0.257 e. The fourth-order valence-electron chi connectivity index (χ4n) is 0.671. The van der Waals surface area contributed by atoms with E-state index in [1.165, 1.54) is 11.8 Å². The molecule has 0 aromatic carbocycles. The van der Waals surface area contributed by atoms with Crippen molar-refractivity contribution in [2.75, 3.05) is 11.5 Å². The Morgan fingerprint density at radius 3 is 3.00 bits per heavy atom. The number of rotatable bonds is 0. The van der Waals surface area contributed by atoms with Crippen molar-refractivity contribution in [3.8, 4) is 6.07 Å². The summed E-state index contributed by atoms with van der Waals surface area (Å²) in [6.07, 6.45) is 0.995. The van der Waals surface area contributed by atoms with E-state index in [1.807, 2.05) is 6.07 Å². The van der Waals surface area contributed by atoms with Crippen molar-refractivity contribution in [1.82, 2.24) is 0 Å². The summed E-state index contributed by atoms with van der Waals surface area (Å²) in [6, 6.07) is 2.02. The van der Waals surface area contributed by atoms with Crippen LogP contribution in [0.25, 0.3) is 0 Å². The number of nitrogens with zero attached hydrogens (tertiary/aromatic N) is 1. The minimum absolute atomic E-state index is 0.251. The van der Waals surface area contributed by atoms with E-state index in [0.717, 1.165) is 12.2 Å². The molecule has 1 fully saturated rings. The monoisotopic (exact) mass is 161 g/mol. The standard InChI is InChI=1S/C5H7NOS2/c6-4-5-8-2-1-3-9(5)7/h5H,1-3H2. The van der Waals surface area contributed by atoms with Gasteiger partial charge in [0.15, 0.2) is 4.58 Å². The van der Waals surface area contributed by atoms with Gasteiger partial charge in [0.05, 0.1) is 6.07 Å². The number of hydrogen-bond acceptors (Lipinski definition) is 3. The smallest absolute Gasteiger partial charge is 0.167 e. The first kappa shape index (κ1) is 7.10. The minimum atomic E-state index is -0.876. The van der Waals surface area contributed by atoms with Crippen molar-refractivity contribution in [2.24, 2.45) is 0 Å². The van der Waals surface area contributed by atoms with Crippen LogP contribution >= 0.6 is 11.8 Å². The van der Waals surface area contributed by atoms with Crippen LogP contribution in [0.4, 0.5) is 0 Å². The van der Waals surface area contributed by atoms with Crippen molar-refractivity contribution in [2.45, 2.75) is 11.0 Å². The molecule has 1 aliphatic rings. The molecule has 1 saturated heterocycles. The lowest BCUT2D eigenvalue weighted by Gasteiger charge is -2.13. The second-order valence-electron chi connectivity index (χ2n) is 1.77. The molecule has 2 nitrogen and oxygen atoms in total. The van der Waals surface area contributed by atoms with Gasteiger partial charge in [-0.15, -0.1) is 11.8 Å². The van der Waals surface area contributed by atoms with Gasteiger partial charge >= 0.3 is 0 Å². The van der Waals surface area contributed by atoms with Gasteiger partial charge in [0, 0.05) is 16.6 Å². The fourth-order valence-corrected chi connectivity index (χ4v) is 3.40. The van der Waals surface area contributed by atoms with Crippen LogP contribution in [0.2, 0.25) is 0 Å². The molecule has 0 amide bonds. The molecule has 0 aromatic rings. The lowest BCUT2D eigenvalue weighted by Crippen LogP contribution is -2.18. The average molecular weight is 161 g/mol. The van der Waals surface area contributed by atoms with E-state index in [0.29, 0.717) is 5.75 Å². The normalized spacial score (nSPS) is 35.4. The maximum Gasteiger partial charge on any atom is 0.167 e. The lowest BCUT2D eigenvalue weighted by atomic mass is 10.6. The van der Waals surface area contributed by atoms with E-state index in [2.05, 4.69) is 0 Å². The zero-order chi connectivity index (χ0) is 6.69. The molecule has 2 atom stereocenters. The topological polar surface area (TPSA) is 40.9 Å². The average Bonchev–Trinajstić information content (AvgIpc) is 1.89. The van der Waals surface area contributed by atoms with Crippen molar-refractivity contribution in [1.29, 1.82) is 5.26 Å². The first-order valence-electron chi connectivity index (χ1n) is 2.73. The van der Waals surface area contributed by atoms with Gasteiger partial charge in [-0.25, -0.2) is 0 Å². The molecule has 0 N–H and O–H groups in total. The van der Waals surface area contributed by atoms with Gasteiger partial charge in [0.2, 0.25) is 0 Å². The van der Waals surface area contributed by atoms with Crippen molar-refractivity contribution < 1.29 is 4.21 Å². The summed E-state index contributed by atoms with van der Waals surface area (Å²) in [5.74, 6) is 1.70. The third-order valence-corrected chi connectivity index (χ3v) is 4.36. The zero-order valence-corrected chi connectivity index (χ0v) is 6.50. The van der Waals surface area contributed by atoms with Crippen molar-refractivity contribution in [3.05, 3.63) is 0 Å². The molecule has 0 aromatic heterocycles. The van der Waals surface area contributed by atoms with Crippen LogP contribution in [0.15, 0.2) is 0 Å². The molecular weight excluding hydrogens is 154 g/mol. The Morgan fingerprint density at radius 2 is 2.56 bits per heavy atom. The first-order valence-corrected chi connectivity index (χ1v) is 5.16. The Balaban J connectivity index is 2.51. The predicted molar refractivity (Wildman–Crippen MR) is 39.5 cm³/mol. The summed E-state index contributed by atoms with van der Waals surface area (Å²) in [5, 5.41) is 8.40. The van der Waals surface area contributed by atoms with Gasteiger partial charge in [-0.05, 0) is 12.2 Å². The highest BCUT2D eigenvalue weighted by Crippen LogP contribution is 2.20. The maximum absolute atomic E-state index is 10.9. The van der Waals surface area contributed by atoms with Crippen LogP contribution < -0.4 is 0 Å². The van der Waals surface area contributed by atoms with Gasteiger partial charge < -0.3 is 0 Å². The number of nitriles is 1. The molecule has 0 spiro atoms. The second-order valence-corrected chi connectivity index (χ2v) is 4.92. The molecule has 2 unspecified atom stereocenters. The molecule has 50 valence electrons. The Morgan fingerprint density at radius 1 is 1.78 bits per heavy atom. The van der Waals surface area contributed by atoms with Gasteiger partial charge in [-0.3, -0.25) is 4.21 Å². The molecule has 0 saturated carbocycles. The van der Waals surface area contributed by atoms with Crippen LogP contribution in [0.5, 0.6) is 0 Å². The van der Waals surface area contributed by atoms with Crippen molar-refractivity contribution in [3.63, 3.8) is 0 Å². The third-order valence-electron chi connectivity index (χ3n) is 1.10. The highest BCUT2D eigenvalue weighted by Gasteiger charge is 2.19. The van der Waals surface area contributed by atoms with Gasteiger partial charge in [0.1, 0.15) is 0 Å². The number of thioether (sulfide) groups is 1. The molecule has 1 heterocycles. The van der Waals surface area contributed by atoms with E-state index in [9.17, 15) is 4.21 Å². The van der Waals surface area contributed by atoms with Gasteiger partial charge in [-0.2, -0.15) is 5.26 Å². The number of hydrogen-bond donors (Lipinski definition) is 0. The Bertz CT molecular complexity index is 163. The van der Waals surface area contributed by atoms with Crippen LogP contribution in [0.3, 0.4) is 0 Å². The van der Waals surface area contributed by atoms with E-state index in [-0.39, 0.29) is 4.58 Å². The van der Waals surface area contributed by atoms with E-state index in [1.54, 1.807) is 0 Å². The van der Waals surface area contributed by atoms with Crippen LogP contribution in [-0.4, -0.2) is 20.3 Å². The highest BCUT2D eigenvalue weighted by molar-refractivity contribution is 8.12. The predicted octanol–water partition coefficient (Wildman–Crippen LogP) is 0.722. The first-order chi connectivity index (χ1) is 4.34. The zero-order valence-electron chi connectivity index (χ0n) is 4.87. The van der Waals surface area contributed by atoms with Gasteiger partial charge in [0.25, 0.3) is 0 Å². The van der Waals surface area contributed by atoms with Gasteiger partial charge in [-0.1, -0.05) is 0 Å². The maximum atomic E-state index is 10.9. The summed E-state index contributed by atoms with van der Waals surface area (Å²) in [5.41, 5.74) is 0. The molecule has 1 rings (SSSR count). The molecule has 0 aliphatic carbocycles. The minimum Gasteiger partial charge on any atom is -0.257 e. The summed E-state index contributed by atoms with van der Waals surface area (Å²) < 4.78 is 10.6. The lowest BCUT2D eigenvalue weighted by molar-refractivity contribution is 0.682. The molecule has 4 heteroatoms. The quantitative estimate of drug-likeness (QED) is 0.525. The highest BCUT2D eigenvalue weighted by atomic mass is 32.2. The van der Waals surface area contributed by atoms with E-state index < -0.39 is 10.8 Å². The molecule has 0 bridgehead atoms. The molecule has 1 aliphatic heterocycles. The van der Waals surface area contributed by atoms with E-state index >= 15 is 0 Å². The Labute approximate surface area is 61.1 Å². The van der Waals surface area contributed by atoms with Crippen LogP contribution in [0.1, 0.15) is 6.42 Å². The fraction of sp³-hybridized carbons (Fsp3) is 0.800. The van der Waals surface area contributed by atoms with Crippen molar-refractivity contribution >= 4 is 22.6 Å². The third kappa shape index (κ3) is 1.70. The molecule has 0 radical (unpaired) electrons. The summed E-state index contributed by atoms with van der Waals surface area (Å²) in [4.78, 5) is 0. The van der Waals surface area contributed by atoms with E-state index in [4.69, 9.17) is 5.26 Å².